The summed E-state index contributed by atoms with van der Waals surface area (Å²) in [6.45, 7) is 5.53. The highest BCUT2D eigenvalue weighted by Crippen LogP contribution is 2.24. The molecule has 11 heteroatoms. The molecule has 2 heterocycles. The summed E-state index contributed by atoms with van der Waals surface area (Å²) in [4.78, 5) is 19.7. The zero-order valence-corrected chi connectivity index (χ0v) is 14.0. The quantitative estimate of drug-likeness (QED) is 0.904. The van der Waals surface area contributed by atoms with Crippen molar-refractivity contribution >= 4 is 34.8 Å². The Morgan fingerprint density at radius 2 is 2.04 bits per heavy atom. The third-order valence-electron chi connectivity index (χ3n) is 2.66. The minimum absolute atomic E-state index is 0.0982. The second kappa shape index (κ2) is 6.08. The molecule has 0 atom stereocenters. The van der Waals surface area contributed by atoms with Gasteiger partial charge in [0, 0.05) is 16.5 Å². The van der Waals surface area contributed by atoms with Crippen LogP contribution >= 0.6 is 22.9 Å². The van der Waals surface area contributed by atoms with E-state index >= 15 is 0 Å². The molecule has 0 aliphatic rings. The van der Waals surface area contributed by atoms with Gasteiger partial charge in [-0.05, 0) is 0 Å². The number of carbonyl (C=O) groups excluding carboxylic acids is 1. The zero-order valence-electron chi connectivity index (χ0n) is 12.4. The van der Waals surface area contributed by atoms with Crippen LogP contribution in [0.2, 0.25) is 4.47 Å². The third kappa shape index (κ3) is 4.41. The smallest absolute Gasteiger partial charge is 0.287 e. The fourth-order valence-electron chi connectivity index (χ4n) is 1.54. The van der Waals surface area contributed by atoms with Crippen LogP contribution in [0.4, 0.5) is 19.1 Å². The lowest BCUT2D eigenvalue weighted by atomic mass is 9.96. The molecule has 0 aliphatic heterocycles. The number of amides is 1. The molecule has 2 aromatic heterocycles. The van der Waals surface area contributed by atoms with Gasteiger partial charge in [-0.2, -0.15) is 23.3 Å². The van der Waals surface area contributed by atoms with E-state index < -0.39 is 17.5 Å². The number of thiazole rings is 1. The molecule has 126 valence electrons. The number of alkyl halides is 3. The van der Waals surface area contributed by atoms with Crippen molar-refractivity contribution in [3.8, 4) is 0 Å². The molecule has 2 rings (SSSR count). The Kier molecular flexibility index (Phi) is 4.67. The average Bonchev–Trinajstić information content (AvgIpc) is 2.95. The van der Waals surface area contributed by atoms with Gasteiger partial charge < -0.3 is 0 Å². The monoisotopic (exact) mass is 367 g/mol. The molecule has 0 saturated heterocycles. The highest BCUT2D eigenvalue weighted by Gasteiger charge is 2.40. The number of anilines is 1. The predicted molar refractivity (Wildman–Crippen MR) is 79.6 cm³/mol. The molecule has 0 radical (unpaired) electrons. The molecule has 2 aromatic rings. The highest BCUT2D eigenvalue weighted by molar-refractivity contribution is 7.15. The van der Waals surface area contributed by atoms with Crippen molar-refractivity contribution in [3.63, 3.8) is 0 Å². The second-order valence-electron chi connectivity index (χ2n) is 5.70. The third-order valence-corrected chi connectivity index (χ3v) is 3.76. The molecule has 0 aromatic carbocycles. The predicted octanol–water partition coefficient (Wildman–Crippen LogP) is 3.23. The first kappa shape index (κ1) is 17.7. The van der Waals surface area contributed by atoms with Crippen molar-refractivity contribution in [2.75, 3.05) is 5.32 Å². The summed E-state index contributed by atoms with van der Waals surface area (Å²) in [5, 5.41) is 5.93. The first-order chi connectivity index (χ1) is 10.5. The second-order valence-corrected chi connectivity index (χ2v) is 7.40. The van der Waals surface area contributed by atoms with Crippen molar-refractivity contribution < 1.29 is 18.0 Å². The Hall–Kier alpha value is -1.68. The summed E-state index contributed by atoms with van der Waals surface area (Å²) in [6, 6.07) is 0. The van der Waals surface area contributed by atoms with E-state index in [1.807, 2.05) is 20.8 Å². The first-order valence-electron chi connectivity index (χ1n) is 6.40. The lowest BCUT2D eigenvalue weighted by Gasteiger charge is -2.12. The summed E-state index contributed by atoms with van der Waals surface area (Å²) in [5.74, 6) is -2.07. The van der Waals surface area contributed by atoms with Crippen LogP contribution in [0.5, 0.6) is 0 Å². The molecular formula is C12H13ClF3N5OS. The Balaban J connectivity index is 2.34. The van der Waals surface area contributed by atoms with Gasteiger partial charge >= 0.3 is 12.1 Å². The van der Waals surface area contributed by atoms with Crippen LogP contribution in [-0.4, -0.2) is 31.8 Å². The Bertz CT molecular complexity index is 719. The molecule has 1 N–H and O–H groups in total. The van der Waals surface area contributed by atoms with Crippen molar-refractivity contribution in [3.05, 3.63) is 21.4 Å². The largest absolute Gasteiger partial charge is 0.471 e. The minimum atomic E-state index is -5.01. The molecule has 23 heavy (non-hydrogen) atoms. The van der Waals surface area contributed by atoms with Crippen LogP contribution in [0.3, 0.4) is 0 Å². The van der Waals surface area contributed by atoms with E-state index in [1.54, 1.807) is 5.32 Å². The van der Waals surface area contributed by atoms with Gasteiger partial charge in [-0.25, -0.2) is 9.67 Å². The molecule has 0 bridgehead atoms. The molecular weight excluding hydrogens is 355 g/mol. The topological polar surface area (TPSA) is 72.7 Å². The van der Waals surface area contributed by atoms with Gasteiger partial charge in [-0.1, -0.05) is 32.4 Å². The SMILES string of the molecule is CC(C)(C)c1nc(NC(=O)C(F)(F)F)n(Cc2cnc(Cl)s2)n1. The summed E-state index contributed by atoms with van der Waals surface area (Å²) >= 11 is 6.90. The zero-order chi connectivity index (χ0) is 17.4. The molecule has 0 spiro atoms. The number of aromatic nitrogens is 4. The molecule has 0 saturated carbocycles. The van der Waals surface area contributed by atoms with Gasteiger partial charge in [0.15, 0.2) is 10.3 Å². The maximum absolute atomic E-state index is 12.4. The molecule has 0 fully saturated rings. The minimum Gasteiger partial charge on any atom is -0.287 e. The Labute approximate surface area is 138 Å². The van der Waals surface area contributed by atoms with Gasteiger partial charge in [-0.3, -0.25) is 10.1 Å². The van der Waals surface area contributed by atoms with Crippen LogP contribution in [0.25, 0.3) is 0 Å². The van der Waals surface area contributed by atoms with E-state index in [4.69, 9.17) is 11.6 Å². The number of nitrogens with zero attached hydrogens (tertiary/aromatic N) is 4. The van der Waals surface area contributed by atoms with E-state index in [0.717, 1.165) is 11.3 Å². The normalized spacial score (nSPS) is 12.5. The number of hydrogen-bond donors (Lipinski definition) is 1. The summed E-state index contributed by atoms with van der Waals surface area (Å²) < 4.78 is 38.8. The van der Waals surface area contributed by atoms with Crippen molar-refractivity contribution in [2.24, 2.45) is 0 Å². The van der Waals surface area contributed by atoms with Crippen LogP contribution in [-0.2, 0) is 16.8 Å². The molecule has 0 unspecified atom stereocenters. The van der Waals surface area contributed by atoms with Crippen LogP contribution in [0.1, 0.15) is 31.5 Å². The first-order valence-corrected chi connectivity index (χ1v) is 7.60. The number of hydrogen-bond acceptors (Lipinski definition) is 5. The Morgan fingerprint density at radius 3 is 2.52 bits per heavy atom. The maximum atomic E-state index is 12.4. The summed E-state index contributed by atoms with van der Waals surface area (Å²) in [7, 11) is 0. The summed E-state index contributed by atoms with van der Waals surface area (Å²) in [5.41, 5.74) is -0.492. The van der Waals surface area contributed by atoms with Crippen molar-refractivity contribution in [2.45, 2.75) is 38.9 Å². The number of nitrogens with one attached hydrogen (secondary N) is 1. The number of carbonyl (C=O) groups is 1. The average molecular weight is 368 g/mol. The molecule has 1 amide bonds. The molecule has 0 aliphatic carbocycles. The van der Waals surface area contributed by atoms with E-state index in [2.05, 4.69) is 15.1 Å². The molecule has 6 nitrogen and oxygen atoms in total. The fraction of sp³-hybridized carbons (Fsp3) is 0.500. The van der Waals surface area contributed by atoms with Gasteiger partial charge in [0.25, 0.3) is 0 Å². The van der Waals surface area contributed by atoms with Crippen LogP contribution in [0.15, 0.2) is 6.20 Å². The van der Waals surface area contributed by atoms with E-state index in [-0.39, 0.29) is 12.5 Å². The number of rotatable bonds is 3. The van der Waals surface area contributed by atoms with Crippen LogP contribution in [0, 0.1) is 0 Å². The van der Waals surface area contributed by atoms with E-state index in [1.165, 1.54) is 10.9 Å². The number of halogens is 4. The van der Waals surface area contributed by atoms with E-state index in [9.17, 15) is 18.0 Å². The Morgan fingerprint density at radius 1 is 1.39 bits per heavy atom. The van der Waals surface area contributed by atoms with Gasteiger partial charge in [-0.15, -0.1) is 11.3 Å². The fourth-order valence-corrected chi connectivity index (χ4v) is 2.50. The van der Waals surface area contributed by atoms with E-state index in [0.29, 0.717) is 15.2 Å². The lowest BCUT2D eigenvalue weighted by molar-refractivity contribution is -0.167. The van der Waals surface area contributed by atoms with Crippen LogP contribution < -0.4 is 5.32 Å². The van der Waals surface area contributed by atoms with Crippen molar-refractivity contribution in [1.29, 1.82) is 0 Å². The van der Waals surface area contributed by atoms with Gasteiger partial charge in [0.05, 0.1) is 6.54 Å². The highest BCUT2D eigenvalue weighted by atomic mass is 35.5. The van der Waals surface area contributed by atoms with Gasteiger partial charge in [0.2, 0.25) is 5.95 Å². The van der Waals surface area contributed by atoms with Gasteiger partial charge in [0.1, 0.15) is 0 Å². The lowest BCUT2D eigenvalue weighted by Crippen LogP contribution is -2.31. The van der Waals surface area contributed by atoms with Crippen molar-refractivity contribution in [1.82, 2.24) is 19.7 Å². The summed E-state index contributed by atoms with van der Waals surface area (Å²) in [6.07, 6.45) is -3.52. The maximum Gasteiger partial charge on any atom is 0.471 e. The standard InChI is InChI=1S/C12H13ClF3N5OS/c1-11(2,3)7-18-10(19-8(22)12(14,15)16)21(20-7)5-6-4-17-9(13)23-6/h4H,5H2,1-3H3,(H,18,19,20,22).